The summed E-state index contributed by atoms with van der Waals surface area (Å²) in [5.74, 6) is -4.42. The van der Waals surface area contributed by atoms with E-state index in [1.807, 2.05) is 0 Å². The van der Waals surface area contributed by atoms with Crippen LogP contribution in [0.15, 0.2) is 73.1 Å². The molecule has 196 valence electrons. The molecular weight excluding hydrogens is 513 g/mol. The average Bonchev–Trinajstić information content (AvgIpc) is 2.88. The molecule has 11 nitrogen and oxygen atoms in total. The number of alkyl halides is 3. The van der Waals surface area contributed by atoms with Crippen molar-refractivity contribution in [1.82, 2.24) is 15.6 Å². The van der Waals surface area contributed by atoms with Crippen molar-refractivity contribution in [3.05, 3.63) is 99.9 Å². The van der Waals surface area contributed by atoms with E-state index < -0.39 is 46.6 Å². The lowest BCUT2D eigenvalue weighted by molar-refractivity contribution is -0.384. The van der Waals surface area contributed by atoms with Crippen molar-refractivity contribution >= 4 is 23.5 Å². The summed E-state index contributed by atoms with van der Waals surface area (Å²) in [5, 5.41) is 25.2. The SMILES string of the molecule is O=C1N[C@H](c2ccc(OC(=O)c3cccc([N+](=O)[O-])c3)cc2)[C@H](C(=O)c2cccnc2)[C@](O)(C(F)(F)F)N1. The number of amides is 2. The number of pyridine rings is 1. The number of nitrogens with one attached hydrogen (secondary N) is 2. The Morgan fingerprint density at radius 1 is 1.08 bits per heavy atom. The second kappa shape index (κ2) is 9.89. The number of aliphatic hydroxyl groups is 1. The van der Waals surface area contributed by atoms with Crippen molar-refractivity contribution in [2.45, 2.75) is 17.9 Å². The molecule has 4 rings (SSSR count). The van der Waals surface area contributed by atoms with Crippen LogP contribution in [-0.4, -0.2) is 44.7 Å². The second-order valence-electron chi connectivity index (χ2n) is 8.19. The number of ketones is 1. The van der Waals surface area contributed by atoms with E-state index in [1.165, 1.54) is 66.1 Å². The maximum absolute atomic E-state index is 14.0. The maximum Gasteiger partial charge on any atom is 0.437 e. The standard InChI is InChI=1S/C24H17F3N4O7/c25-24(26,27)23(35)18(20(32)15-4-2-10-28-12-15)19(29-22(34)30-23)13-6-8-17(9-7-13)38-21(33)14-3-1-5-16(11-14)31(36)37/h1-12,18-19,35H,(H2,29,30,34)/t18-,19-,23+/m1/s1. The van der Waals surface area contributed by atoms with E-state index in [9.17, 15) is 42.8 Å². The Balaban J connectivity index is 1.65. The number of nitro groups is 1. The van der Waals surface area contributed by atoms with Crippen LogP contribution in [0, 0.1) is 16.0 Å². The summed E-state index contributed by atoms with van der Waals surface area (Å²) >= 11 is 0. The van der Waals surface area contributed by atoms with Gasteiger partial charge in [0.15, 0.2) is 5.78 Å². The van der Waals surface area contributed by atoms with E-state index in [0.29, 0.717) is 0 Å². The van der Waals surface area contributed by atoms with Gasteiger partial charge in [-0.3, -0.25) is 19.9 Å². The number of non-ortho nitro benzene ring substituents is 1. The highest BCUT2D eigenvalue weighted by atomic mass is 19.4. The number of carbonyl (C=O) groups excluding carboxylic acids is 3. The van der Waals surface area contributed by atoms with Crippen LogP contribution in [0.25, 0.3) is 0 Å². The van der Waals surface area contributed by atoms with Crippen molar-refractivity contribution in [3.8, 4) is 5.75 Å². The predicted molar refractivity (Wildman–Crippen MR) is 122 cm³/mol. The molecule has 38 heavy (non-hydrogen) atoms. The van der Waals surface area contributed by atoms with Crippen molar-refractivity contribution in [1.29, 1.82) is 0 Å². The topological polar surface area (TPSA) is 161 Å². The normalized spacial score (nSPS) is 21.1. The molecular formula is C24H17F3N4O7. The molecule has 0 saturated carbocycles. The number of aromatic nitrogens is 1. The average molecular weight is 530 g/mol. The lowest BCUT2D eigenvalue weighted by Gasteiger charge is -2.45. The smallest absolute Gasteiger partial charge is 0.423 e. The van der Waals surface area contributed by atoms with Gasteiger partial charge in [-0.2, -0.15) is 13.2 Å². The molecule has 1 aliphatic rings. The van der Waals surface area contributed by atoms with Crippen LogP contribution in [0.4, 0.5) is 23.7 Å². The Bertz CT molecular complexity index is 1400. The minimum Gasteiger partial charge on any atom is -0.423 e. The number of nitrogens with zero attached hydrogens (tertiary/aromatic N) is 2. The third kappa shape index (κ3) is 5.01. The fourth-order valence-corrected chi connectivity index (χ4v) is 3.96. The van der Waals surface area contributed by atoms with E-state index in [1.54, 1.807) is 0 Å². The van der Waals surface area contributed by atoms with Gasteiger partial charge in [-0.05, 0) is 35.9 Å². The third-order valence-corrected chi connectivity index (χ3v) is 5.78. The summed E-state index contributed by atoms with van der Waals surface area (Å²) in [6.07, 6.45) is -3.10. The van der Waals surface area contributed by atoms with Gasteiger partial charge in [-0.15, -0.1) is 0 Å². The fourth-order valence-electron chi connectivity index (χ4n) is 3.96. The number of benzene rings is 2. The van der Waals surface area contributed by atoms with Crippen LogP contribution >= 0.6 is 0 Å². The first-order chi connectivity index (χ1) is 17.9. The molecule has 0 spiro atoms. The molecule has 1 aromatic heterocycles. The van der Waals surface area contributed by atoms with E-state index in [2.05, 4.69) is 10.3 Å². The van der Waals surface area contributed by atoms with E-state index >= 15 is 0 Å². The number of rotatable bonds is 6. The zero-order chi connectivity index (χ0) is 27.7. The maximum atomic E-state index is 14.0. The van der Waals surface area contributed by atoms with Crippen LogP contribution in [0.5, 0.6) is 5.75 Å². The molecule has 2 amide bonds. The van der Waals surface area contributed by atoms with Gasteiger partial charge < -0.3 is 20.5 Å². The summed E-state index contributed by atoms with van der Waals surface area (Å²) in [4.78, 5) is 51.7. The number of Topliss-reactive ketones (excluding diaryl/α,β-unsaturated/α-hetero) is 1. The molecule has 3 N–H and O–H groups in total. The van der Waals surface area contributed by atoms with Crippen molar-refractivity contribution in [3.63, 3.8) is 0 Å². The van der Waals surface area contributed by atoms with Crippen LogP contribution < -0.4 is 15.4 Å². The Hall–Kier alpha value is -4.85. The molecule has 2 aromatic carbocycles. The number of nitro benzene ring substituents is 1. The van der Waals surface area contributed by atoms with Gasteiger partial charge in [0.1, 0.15) is 11.7 Å². The van der Waals surface area contributed by atoms with Crippen LogP contribution in [-0.2, 0) is 0 Å². The minimum absolute atomic E-state index is 0.0140. The van der Waals surface area contributed by atoms with E-state index in [-0.39, 0.29) is 28.1 Å². The van der Waals surface area contributed by atoms with Gasteiger partial charge in [-0.25, -0.2) is 9.59 Å². The van der Waals surface area contributed by atoms with Gasteiger partial charge in [0.25, 0.3) is 5.69 Å². The highest BCUT2D eigenvalue weighted by molar-refractivity contribution is 6.00. The summed E-state index contributed by atoms with van der Waals surface area (Å²) in [6.45, 7) is 0. The zero-order valence-corrected chi connectivity index (χ0v) is 19.0. The number of carbonyl (C=O) groups is 3. The molecule has 3 atom stereocenters. The molecule has 0 unspecified atom stereocenters. The number of hydrogen-bond donors (Lipinski definition) is 3. The van der Waals surface area contributed by atoms with Gasteiger partial charge in [0, 0.05) is 30.1 Å². The number of esters is 1. The molecule has 1 saturated heterocycles. The van der Waals surface area contributed by atoms with Crippen LogP contribution in [0.3, 0.4) is 0 Å². The van der Waals surface area contributed by atoms with Crippen molar-refractivity contribution < 1.29 is 42.3 Å². The number of urea groups is 1. The van der Waals surface area contributed by atoms with Crippen LogP contribution in [0.2, 0.25) is 0 Å². The molecule has 0 radical (unpaired) electrons. The molecule has 1 aliphatic heterocycles. The zero-order valence-electron chi connectivity index (χ0n) is 19.0. The Morgan fingerprint density at radius 2 is 1.76 bits per heavy atom. The first-order valence-corrected chi connectivity index (χ1v) is 10.8. The lowest BCUT2D eigenvalue weighted by atomic mass is 9.77. The Morgan fingerprint density at radius 3 is 2.37 bits per heavy atom. The van der Waals surface area contributed by atoms with Gasteiger partial charge in [0.2, 0.25) is 5.72 Å². The van der Waals surface area contributed by atoms with E-state index in [4.69, 9.17) is 4.74 Å². The molecule has 1 fully saturated rings. The first-order valence-electron chi connectivity index (χ1n) is 10.8. The van der Waals surface area contributed by atoms with Crippen molar-refractivity contribution in [2.24, 2.45) is 5.92 Å². The first kappa shape index (κ1) is 26.2. The molecule has 0 aliphatic carbocycles. The fraction of sp³-hybridized carbons (Fsp3) is 0.167. The van der Waals surface area contributed by atoms with Gasteiger partial charge >= 0.3 is 18.2 Å². The molecule has 2 heterocycles. The summed E-state index contributed by atoms with van der Waals surface area (Å²) in [7, 11) is 0. The molecule has 14 heteroatoms. The lowest BCUT2D eigenvalue weighted by Crippen LogP contribution is -2.72. The van der Waals surface area contributed by atoms with Crippen molar-refractivity contribution in [2.75, 3.05) is 0 Å². The highest BCUT2D eigenvalue weighted by Crippen LogP contribution is 2.44. The minimum atomic E-state index is -5.43. The van der Waals surface area contributed by atoms with Gasteiger partial charge in [-0.1, -0.05) is 18.2 Å². The Kier molecular flexibility index (Phi) is 6.83. The largest absolute Gasteiger partial charge is 0.437 e. The third-order valence-electron chi connectivity index (χ3n) is 5.78. The van der Waals surface area contributed by atoms with Crippen LogP contribution in [0.1, 0.15) is 32.3 Å². The predicted octanol–water partition coefficient (Wildman–Crippen LogP) is 3.31. The highest BCUT2D eigenvalue weighted by Gasteiger charge is 2.66. The summed E-state index contributed by atoms with van der Waals surface area (Å²) in [5.41, 5.74) is -4.62. The second-order valence-corrected chi connectivity index (χ2v) is 8.19. The number of hydrogen-bond acceptors (Lipinski definition) is 8. The van der Waals surface area contributed by atoms with Gasteiger partial charge in [0.05, 0.1) is 16.5 Å². The summed E-state index contributed by atoms with van der Waals surface area (Å²) in [6, 6.07) is 9.09. The summed E-state index contributed by atoms with van der Waals surface area (Å²) < 4.78 is 47.2. The quantitative estimate of drug-likeness (QED) is 0.144. The number of ether oxygens (including phenoxy) is 1. The molecule has 0 bridgehead atoms. The van der Waals surface area contributed by atoms with E-state index in [0.717, 1.165) is 12.3 Å². The number of halogens is 3. The molecule has 3 aromatic rings. The Labute approximate surface area is 211 Å². The monoisotopic (exact) mass is 530 g/mol.